The molecule has 0 atom stereocenters. The van der Waals surface area contributed by atoms with Gasteiger partial charge in [0, 0.05) is 12.1 Å². The minimum absolute atomic E-state index is 0.0396. The third-order valence-electron chi connectivity index (χ3n) is 2.08. The first-order chi connectivity index (χ1) is 8.75. The highest BCUT2D eigenvalue weighted by molar-refractivity contribution is 7.90. The van der Waals surface area contributed by atoms with Crippen molar-refractivity contribution in [1.82, 2.24) is 4.72 Å². The Balaban J connectivity index is 3.01. The first-order valence-corrected chi connectivity index (χ1v) is 6.95. The Kier molecular flexibility index (Phi) is 4.73. The molecule has 3 N–H and O–H groups in total. The molecule has 0 aromatic heterocycles. The number of methoxy groups -OCH3 is 1. The van der Waals surface area contributed by atoms with E-state index in [1.807, 2.05) is 0 Å². The Bertz CT molecular complexity index is 568. The van der Waals surface area contributed by atoms with Gasteiger partial charge in [-0.05, 0) is 26.0 Å². The molecule has 0 spiro atoms. The average molecular weight is 288 g/mol. The van der Waals surface area contributed by atoms with Crippen LogP contribution in [0.2, 0.25) is 0 Å². The fraction of sp³-hybridized carbons (Fsp3) is 0.364. The first-order valence-electron chi connectivity index (χ1n) is 5.46. The smallest absolute Gasteiger partial charge is 0.339 e. The van der Waals surface area contributed by atoms with Gasteiger partial charge in [-0.25, -0.2) is 4.79 Å². The fourth-order valence-electron chi connectivity index (χ4n) is 1.43. The van der Waals surface area contributed by atoms with Crippen molar-refractivity contribution in [3.63, 3.8) is 0 Å². The topological polar surface area (TPSA) is 105 Å². The average Bonchev–Trinajstić information content (AvgIpc) is 2.25. The van der Waals surface area contributed by atoms with Crippen LogP contribution in [0, 0.1) is 0 Å². The maximum Gasteiger partial charge on any atom is 0.339 e. The third-order valence-corrected chi connectivity index (χ3v) is 3.36. The van der Waals surface area contributed by atoms with E-state index in [2.05, 4.69) is 9.44 Å². The summed E-state index contributed by atoms with van der Waals surface area (Å²) in [5.74, 6) is -1.07. The lowest BCUT2D eigenvalue weighted by Gasteiger charge is -2.13. The monoisotopic (exact) mass is 288 g/mol. The molecule has 0 heterocycles. The molecule has 0 saturated heterocycles. The first kappa shape index (κ1) is 15.3. The van der Waals surface area contributed by atoms with Crippen LogP contribution >= 0.6 is 0 Å². The highest BCUT2D eigenvalue weighted by atomic mass is 32.2. The number of aromatic carboxylic acids is 1. The summed E-state index contributed by atoms with van der Waals surface area (Å²) in [6.07, 6.45) is 0. The molecular weight excluding hydrogens is 272 g/mol. The molecule has 0 aliphatic carbocycles. The molecule has 1 rings (SSSR count). The summed E-state index contributed by atoms with van der Waals surface area (Å²) < 4.78 is 32.8. The molecular formula is C11H16N2O5S. The SMILES string of the molecule is COc1cc(NS(=O)(=O)NC(C)C)ccc1C(=O)O. The Morgan fingerprint density at radius 3 is 2.47 bits per heavy atom. The predicted octanol–water partition coefficient (Wildman–Crippen LogP) is 1.05. The van der Waals surface area contributed by atoms with Crippen LogP contribution < -0.4 is 14.2 Å². The van der Waals surface area contributed by atoms with E-state index in [0.29, 0.717) is 0 Å². The van der Waals surface area contributed by atoms with Crippen LogP contribution in [-0.2, 0) is 10.2 Å². The number of carboxylic acid groups (broad SMARTS) is 1. The molecule has 0 aliphatic heterocycles. The van der Waals surface area contributed by atoms with E-state index in [1.54, 1.807) is 13.8 Å². The van der Waals surface area contributed by atoms with E-state index in [-0.39, 0.29) is 23.0 Å². The number of hydrogen-bond acceptors (Lipinski definition) is 4. The Morgan fingerprint density at radius 1 is 1.37 bits per heavy atom. The number of anilines is 1. The van der Waals surface area contributed by atoms with E-state index in [4.69, 9.17) is 9.84 Å². The fourth-order valence-corrected chi connectivity index (χ4v) is 2.54. The van der Waals surface area contributed by atoms with E-state index in [9.17, 15) is 13.2 Å². The zero-order chi connectivity index (χ0) is 14.6. The lowest BCUT2D eigenvalue weighted by molar-refractivity contribution is 0.0693. The van der Waals surface area contributed by atoms with Crippen molar-refractivity contribution in [2.24, 2.45) is 0 Å². The van der Waals surface area contributed by atoms with Crippen LogP contribution in [-0.4, -0.2) is 32.6 Å². The van der Waals surface area contributed by atoms with Crippen molar-refractivity contribution < 1.29 is 23.1 Å². The van der Waals surface area contributed by atoms with Gasteiger partial charge in [0.2, 0.25) is 0 Å². The number of carbonyl (C=O) groups is 1. The second kappa shape index (κ2) is 5.89. The number of hydrogen-bond donors (Lipinski definition) is 3. The summed E-state index contributed by atoms with van der Waals surface area (Å²) in [6, 6.07) is 3.68. The maximum atomic E-state index is 11.6. The standard InChI is InChI=1S/C11H16N2O5S/c1-7(2)12-19(16,17)13-8-4-5-9(11(14)15)10(6-8)18-3/h4-7,12-13H,1-3H3,(H,14,15). The molecule has 0 aliphatic rings. The lowest BCUT2D eigenvalue weighted by Crippen LogP contribution is -2.35. The van der Waals surface area contributed by atoms with Crippen LogP contribution in [0.5, 0.6) is 5.75 Å². The van der Waals surface area contributed by atoms with Crippen molar-refractivity contribution in [1.29, 1.82) is 0 Å². The van der Waals surface area contributed by atoms with Crippen LogP contribution in [0.1, 0.15) is 24.2 Å². The third kappa shape index (κ3) is 4.42. The van der Waals surface area contributed by atoms with Gasteiger partial charge in [-0.3, -0.25) is 4.72 Å². The molecule has 0 fully saturated rings. The summed E-state index contributed by atoms with van der Waals surface area (Å²) >= 11 is 0. The minimum Gasteiger partial charge on any atom is -0.496 e. The van der Waals surface area contributed by atoms with Gasteiger partial charge in [-0.15, -0.1) is 0 Å². The second-order valence-electron chi connectivity index (χ2n) is 4.10. The number of ether oxygens (including phenoxy) is 1. The summed E-state index contributed by atoms with van der Waals surface area (Å²) in [6.45, 7) is 3.38. The molecule has 0 amide bonds. The molecule has 7 nitrogen and oxygen atoms in total. The highest BCUT2D eigenvalue weighted by Crippen LogP contribution is 2.23. The zero-order valence-electron chi connectivity index (χ0n) is 10.8. The molecule has 1 aromatic carbocycles. The van der Waals surface area contributed by atoms with Crippen LogP contribution in [0.25, 0.3) is 0 Å². The number of rotatable bonds is 6. The normalized spacial score (nSPS) is 11.4. The molecule has 0 bridgehead atoms. The van der Waals surface area contributed by atoms with Gasteiger partial charge in [0.1, 0.15) is 11.3 Å². The molecule has 106 valence electrons. The van der Waals surface area contributed by atoms with Crippen LogP contribution in [0.4, 0.5) is 5.69 Å². The predicted molar refractivity (Wildman–Crippen MR) is 70.8 cm³/mol. The van der Waals surface area contributed by atoms with E-state index >= 15 is 0 Å². The van der Waals surface area contributed by atoms with Crippen molar-refractivity contribution in [2.45, 2.75) is 19.9 Å². The highest BCUT2D eigenvalue weighted by Gasteiger charge is 2.15. The Hall–Kier alpha value is -1.80. The Labute approximate surface area is 111 Å². The molecule has 19 heavy (non-hydrogen) atoms. The summed E-state index contributed by atoms with van der Waals surface area (Å²) in [7, 11) is -2.38. The molecule has 0 unspecified atom stereocenters. The van der Waals surface area contributed by atoms with Gasteiger partial charge in [0.15, 0.2) is 0 Å². The molecule has 0 saturated carbocycles. The minimum atomic E-state index is -3.69. The summed E-state index contributed by atoms with van der Waals surface area (Å²) in [5, 5.41) is 8.91. The molecule has 1 aromatic rings. The van der Waals surface area contributed by atoms with Gasteiger partial charge in [-0.2, -0.15) is 13.1 Å². The largest absolute Gasteiger partial charge is 0.496 e. The van der Waals surface area contributed by atoms with Crippen molar-refractivity contribution in [3.8, 4) is 5.75 Å². The molecule has 0 radical (unpaired) electrons. The summed E-state index contributed by atoms with van der Waals surface area (Å²) in [5.41, 5.74) is 0.178. The number of carboxylic acids is 1. The van der Waals surface area contributed by atoms with E-state index in [0.717, 1.165) is 0 Å². The number of nitrogens with one attached hydrogen (secondary N) is 2. The van der Waals surface area contributed by atoms with E-state index < -0.39 is 16.2 Å². The van der Waals surface area contributed by atoms with Gasteiger partial charge in [0.25, 0.3) is 10.2 Å². The van der Waals surface area contributed by atoms with Crippen LogP contribution in [0.3, 0.4) is 0 Å². The summed E-state index contributed by atoms with van der Waals surface area (Å²) in [4.78, 5) is 10.9. The van der Waals surface area contributed by atoms with Gasteiger partial charge in [0.05, 0.1) is 12.8 Å². The number of benzene rings is 1. The van der Waals surface area contributed by atoms with Crippen molar-refractivity contribution in [2.75, 3.05) is 11.8 Å². The van der Waals surface area contributed by atoms with Gasteiger partial charge in [-0.1, -0.05) is 0 Å². The van der Waals surface area contributed by atoms with Crippen LogP contribution in [0.15, 0.2) is 18.2 Å². The van der Waals surface area contributed by atoms with Gasteiger partial charge < -0.3 is 9.84 Å². The quantitative estimate of drug-likeness (QED) is 0.725. The van der Waals surface area contributed by atoms with Crippen molar-refractivity contribution >= 4 is 21.9 Å². The van der Waals surface area contributed by atoms with E-state index in [1.165, 1.54) is 25.3 Å². The lowest BCUT2D eigenvalue weighted by atomic mass is 10.2. The maximum absolute atomic E-state index is 11.6. The zero-order valence-corrected chi connectivity index (χ0v) is 11.6. The Morgan fingerprint density at radius 2 is 2.00 bits per heavy atom. The van der Waals surface area contributed by atoms with Crippen molar-refractivity contribution in [3.05, 3.63) is 23.8 Å². The second-order valence-corrected chi connectivity index (χ2v) is 5.54. The molecule has 8 heteroatoms. The van der Waals surface area contributed by atoms with Gasteiger partial charge >= 0.3 is 5.97 Å².